The first-order valence-corrected chi connectivity index (χ1v) is 13.3. The number of aromatic nitrogens is 2. The summed E-state index contributed by atoms with van der Waals surface area (Å²) in [6, 6.07) is 12.4. The molecule has 170 valence electrons. The molecule has 0 aliphatic heterocycles. The minimum absolute atomic E-state index is 0.209. The Hall–Kier alpha value is -2.98. The van der Waals surface area contributed by atoms with Crippen molar-refractivity contribution in [2.75, 3.05) is 14.2 Å². The molecule has 0 saturated heterocycles. The number of hydrogen-bond donors (Lipinski definition) is 0. The van der Waals surface area contributed by atoms with Crippen LogP contribution in [0.15, 0.2) is 91.0 Å². The predicted molar refractivity (Wildman–Crippen MR) is 141 cm³/mol. The average molecular weight is 574 g/mol. The van der Waals surface area contributed by atoms with Crippen LogP contribution < -0.4 is 4.74 Å². The van der Waals surface area contributed by atoms with Gasteiger partial charge in [0.15, 0.2) is 0 Å². The van der Waals surface area contributed by atoms with Gasteiger partial charge in [-0.1, -0.05) is 30.9 Å². The van der Waals surface area contributed by atoms with E-state index in [-0.39, 0.29) is 11.6 Å². The molecule has 6 nitrogen and oxygen atoms in total. The van der Waals surface area contributed by atoms with E-state index in [1.165, 1.54) is 23.3 Å². The maximum absolute atomic E-state index is 13.6. The smallest absolute Gasteiger partial charge is 0.216 e. The SMILES string of the molecule is C=C/C=C(OC)\C(=C/C)C(=O)c1cccn1-c1ccn(SI)c1C(=O)c1ccccc1OC. The maximum Gasteiger partial charge on any atom is 0.216 e. The number of halogens is 1. The van der Waals surface area contributed by atoms with Gasteiger partial charge < -0.3 is 14.0 Å². The molecule has 0 N–H and O–H groups in total. The standard InChI is InChI=1S/C25H23IN2O4S/c1-5-10-21(31-3)17(6-2)24(29)20-12-9-15-27(20)19-14-16-28(33-26)23(19)25(30)18-11-7-8-13-22(18)32-4/h5-16H,1H2,2-4H3/b17-6+,21-10+. The molecule has 0 fully saturated rings. The van der Waals surface area contributed by atoms with E-state index >= 15 is 0 Å². The van der Waals surface area contributed by atoms with Crippen molar-refractivity contribution in [2.45, 2.75) is 6.92 Å². The van der Waals surface area contributed by atoms with E-state index in [9.17, 15) is 9.59 Å². The van der Waals surface area contributed by atoms with Gasteiger partial charge in [-0.25, -0.2) is 0 Å². The largest absolute Gasteiger partial charge is 0.496 e. The monoisotopic (exact) mass is 574 g/mol. The number of para-hydroxylation sites is 1. The van der Waals surface area contributed by atoms with Crippen molar-refractivity contribution in [3.05, 3.63) is 108 Å². The number of carbonyl (C=O) groups excluding carboxylic acids is 2. The summed E-state index contributed by atoms with van der Waals surface area (Å²) < 4.78 is 14.3. The number of benzene rings is 1. The highest BCUT2D eigenvalue weighted by molar-refractivity contribution is 14.2. The first-order valence-electron chi connectivity index (χ1n) is 9.96. The Morgan fingerprint density at radius 3 is 2.48 bits per heavy atom. The molecule has 1 aromatic carbocycles. The van der Waals surface area contributed by atoms with E-state index in [4.69, 9.17) is 9.47 Å². The van der Waals surface area contributed by atoms with Crippen LogP contribution in [0.2, 0.25) is 0 Å². The number of nitrogens with zero attached hydrogens (tertiary/aromatic N) is 2. The van der Waals surface area contributed by atoms with Crippen LogP contribution in [-0.2, 0) is 4.74 Å². The minimum Gasteiger partial charge on any atom is -0.496 e. The molecule has 0 bridgehead atoms. The molecule has 0 atom stereocenters. The zero-order valence-corrected chi connectivity index (χ0v) is 21.4. The Morgan fingerprint density at radius 1 is 1.09 bits per heavy atom. The molecule has 0 unspecified atom stereocenters. The fourth-order valence-corrected chi connectivity index (χ4v) is 4.84. The predicted octanol–water partition coefficient (Wildman–Crippen LogP) is 6.21. The molecule has 33 heavy (non-hydrogen) atoms. The molecule has 3 rings (SSSR count). The molecule has 0 aliphatic carbocycles. The fourth-order valence-electron chi connectivity index (χ4n) is 3.51. The van der Waals surface area contributed by atoms with Crippen molar-refractivity contribution >= 4 is 41.9 Å². The van der Waals surface area contributed by atoms with Crippen LogP contribution in [0.25, 0.3) is 5.69 Å². The zero-order valence-electron chi connectivity index (χ0n) is 18.4. The lowest BCUT2D eigenvalue weighted by Crippen LogP contribution is -2.15. The molecule has 0 saturated carbocycles. The molecule has 0 aliphatic rings. The molecule has 3 aromatic rings. The van der Waals surface area contributed by atoms with Gasteiger partial charge in [0, 0.05) is 42.7 Å². The van der Waals surface area contributed by atoms with Gasteiger partial charge in [-0.3, -0.25) is 13.6 Å². The lowest BCUT2D eigenvalue weighted by molar-refractivity contribution is 0.101. The van der Waals surface area contributed by atoms with Gasteiger partial charge in [-0.05, 0) is 43.3 Å². The van der Waals surface area contributed by atoms with Crippen molar-refractivity contribution in [3.8, 4) is 11.4 Å². The molecular weight excluding hydrogens is 551 g/mol. The average Bonchev–Trinajstić information content (AvgIpc) is 3.50. The van der Waals surface area contributed by atoms with Crippen LogP contribution >= 0.6 is 30.3 Å². The first-order chi connectivity index (χ1) is 16.0. The Bertz CT molecular complexity index is 1250. The number of rotatable bonds is 10. The topological polar surface area (TPSA) is 62.5 Å². The summed E-state index contributed by atoms with van der Waals surface area (Å²) in [5.74, 6) is 0.456. The summed E-state index contributed by atoms with van der Waals surface area (Å²) in [4.78, 5) is 27.1. The van der Waals surface area contributed by atoms with Gasteiger partial charge in [0.25, 0.3) is 0 Å². The van der Waals surface area contributed by atoms with E-state index in [1.54, 1.807) is 76.4 Å². The highest BCUT2D eigenvalue weighted by Crippen LogP contribution is 2.31. The summed E-state index contributed by atoms with van der Waals surface area (Å²) >= 11 is 2.12. The van der Waals surface area contributed by atoms with E-state index in [0.29, 0.717) is 39.7 Å². The molecule has 0 amide bonds. The van der Waals surface area contributed by atoms with Crippen molar-refractivity contribution < 1.29 is 19.1 Å². The molecule has 2 heterocycles. The second-order valence-corrected chi connectivity index (χ2v) is 8.45. The summed E-state index contributed by atoms with van der Waals surface area (Å²) in [5.41, 5.74) is 2.26. The third kappa shape index (κ3) is 4.86. The van der Waals surface area contributed by atoms with Gasteiger partial charge in [-0.15, -0.1) is 0 Å². The number of Topliss-reactive ketones (excluding diaryl/α,β-unsaturated/α-hetero) is 1. The van der Waals surface area contributed by atoms with Crippen molar-refractivity contribution in [2.24, 2.45) is 0 Å². The van der Waals surface area contributed by atoms with E-state index in [2.05, 4.69) is 27.8 Å². The summed E-state index contributed by atoms with van der Waals surface area (Å²) in [6.07, 6.45) is 8.47. The number of ether oxygens (including phenoxy) is 2. The van der Waals surface area contributed by atoms with Gasteiger partial charge in [0.2, 0.25) is 11.6 Å². The number of allylic oxidation sites excluding steroid dienone is 4. The van der Waals surface area contributed by atoms with Gasteiger partial charge in [0.05, 0.1) is 36.7 Å². The van der Waals surface area contributed by atoms with Crippen LogP contribution in [-0.4, -0.2) is 34.3 Å². The van der Waals surface area contributed by atoms with Gasteiger partial charge in [-0.2, -0.15) is 0 Å². The van der Waals surface area contributed by atoms with Crippen LogP contribution in [0.1, 0.15) is 33.5 Å². The normalized spacial score (nSPS) is 11.9. The molecule has 2 aromatic heterocycles. The van der Waals surface area contributed by atoms with Crippen molar-refractivity contribution in [1.29, 1.82) is 0 Å². The van der Waals surface area contributed by atoms with Crippen LogP contribution in [0, 0.1) is 0 Å². The number of hydrogen-bond acceptors (Lipinski definition) is 5. The Kier molecular flexibility index (Phi) is 8.40. The molecule has 0 radical (unpaired) electrons. The number of carbonyl (C=O) groups is 2. The van der Waals surface area contributed by atoms with Crippen LogP contribution in [0.3, 0.4) is 0 Å². The Balaban J connectivity index is 2.15. The number of methoxy groups -OCH3 is 2. The van der Waals surface area contributed by atoms with E-state index < -0.39 is 0 Å². The first kappa shape index (κ1) is 24.7. The van der Waals surface area contributed by atoms with Crippen LogP contribution in [0.5, 0.6) is 5.75 Å². The quantitative estimate of drug-likeness (QED) is 0.0948. The van der Waals surface area contributed by atoms with Crippen LogP contribution in [0.4, 0.5) is 0 Å². The molecule has 0 spiro atoms. The summed E-state index contributed by atoms with van der Waals surface area (Å²) in [6.45, 7) is 5.46. The lowest BCUT2D eigenvalue weighted by atomic mass is 10.0. The van der Waals surface area contributed by atoms with Gasteiger partial charge >= 0.3 is 0 Å². The zero-order chi connectivity index (χ0) is 24.0. The van der Waals surface area contributed by atoms with Crippen molar-refractivity contribution in [1.82, 2.24) is 8.54 Å². The van der Waals surface area contributed by atoms with E-state index in [1.807, 2.05) is 12.1 Å². The molecule has 8 heteroatoms. The third-order valence-electron chi connectivity index (χ3n) is 5.00. The second-order valence-electron chi connectivity index (χ2n) is 6.74. The van der Waals surface area contributed by atoms with Crippen molar-refractivity contribution in [3.63, 3.8) is 0 Å². The maximum atomic E-state index is 13.6. The fraction of sp³-hybridized carbons (Fsp3) is 0.120. The molecular formula is C25H23IN2O4S. The number of ketones is 2. The third-order valence-corrected chi connectivity index (χ3v) is 6.73. The van der Waals surface area contributed by atoms with E-state index in [0.717, 1.165) is 0 Å². The second kappa shape index (κ2) is 11.2. The Morgan fingerprint density at radius 2 is 1.85 bits per heavy atom. The highest BCUT2D eigenvalue weighted by atomic mass is 127. The highest BCUT2D eigenvalue weighted by Gasteiger charge is 2.26. The lowest BCUT2D eigenvalue weighted by Gasteiger charge is -2.14. The summed E-state index contributed by atoms with van der Waals surface area (Å²) in [5, 5.41) is 0. The minimum atomic E-state index is -0.233. The Labute approximate surface area is 209 Å². The summed E-state index contributed by atoms with van der Waals surface area (Å²) in [7, 11) is 4.40. The van der Waals surface area contributed by atoms with Gasteiger partial charge in [0.1, 0.15) is 17.2 Å².